The maximum atomic E-state index is 4.71. The quantitative estimate of drug-likeness (QED) is 0.854. The van der Waals surface area contributed by atoms with Crippen LogP contribution in [0.4, 0.5) is 0 Å². The van der Waals surface area contributed by atoms with Gasteiger partial charge in [-0.1, -0.05) is 12.1 Å². The van der Waals surface area contributed by atoms with E-state index in [1.54, 1.807) is 0 Å². The summed E-state index contributed by atoms with van der Waals surface area (Å²) in [4.78, 5) is 16.8. The molecule has 1 aliphatic heterocycles. The van der Waals surface area contributed by atoms with Crippen LogP contribution in [-0.4, -0.2) is 78.0 Å². The van der Waals surface area contributed by atoms with E-state index in [1.807, 2.05) is 24.5 Å². The fraction of sp³-hybridized carbons (Fsp3) is 0.500. The van der Waals surface area contributed by atoms with Crippen LogP contribution in [0.15, 0.2) is 48.8 Å². The van der Waals surface area contributed by atoms with E-state index in [0.29, 0.717) is 0 Å². The molecule has 0 N–H and O–H groups in total. The van der Waals surface area contributed by atoms with Crippen molar-refractivity contribution < 1.29 is 0 Å². The number of aromatic nitrogens is 2. The van der Waals surface area contributed by atoms with Gasteiger partial charge in [-0.05, 0) is 45.3 Å². The monoisotopic (exact) mass is 339 g/mol. The molecule has 0 radical (unpaired) electrons. The van der Waals surface area contributed by atoms with Gasteiger partial charge in [-0.25, -0.2) is 0 Å². The van der Waals surface area contributed by atoms with Gasteiger partial charge in [0.2, 0.25) is 0 Å². The second-order valence-electron chi connectivity index (χ2n) is 7.10. The molecule has 0 bridgehead atoms. The van der Waals surface area contributed by atoms with Gasteiger partial charge in [0.1, 0.15) is 5.54 Å². The molecule has 5 heteroatoms. The lowest BCUT2D eigenvalue weighted by Crippen LogP contribution is -2.50. The van der Waals surface area contributed by atoms with Crippen LogP contribution in [-0.2, 0) is 5.54 Å². The standard InChI is InChI=1S/C20H29N5/c1-20(18-8-4-6-10-21-18,19-9-5-7-11-22-19)25-16-14-23(2)12-13-24(3)15-17-25/h4-11H,12-17H2,1-3H3. The van der Waals surface area contributed by atoms with Crippen LogP contribution >= 0.6 is 0 Å². The predicted octanol–water partition coefficient (Wildman–Crippen LogP) is 1.92. The summed E-state index contributed by atoms with van der Waals surface area (Å²) in [6, 6.07) is 12.3. The third kappa shape index (κ3) is 4.06. The molecule has 2 aromatic heterocycles. The summed E-state index contributed by atoms with van der Waals surface area (Å²) >= 11 is 0. The van der Waals surface area contributed by atoms with Crippen LogP contribution in [0.2, 0.25) is 0 Å². The first-order valence-corrected chi connectivity index (χ1v) is 9.06. The van der Waals surface area contributed by atoms with Crippen molar-refractivity contribution in [3.63, 3.8) is 0 Å². The van der Waals surface area contributed by atoms with Crippen LogP contribution in [0.25, 0.3) is 0 Å². The molecule has 3 rings (SSSR count). The summed E-state index contributed by atoms with van der Waals surface area (Å²) in [5.41, 5.74) is 1.77. The van der Waals surface area contributed by atoms with E-state index in [1.165, 1.54) is 0 Å². The molecule has 1 saturated heterocycles. The van der Waals surface area contributed by atoms with E-state index in [9.17, 15) is 0 Å². The molecule has 134 valence electrons. The summed E-state index contributed by atoms with van der Waals surface area (Å²) in [7, 11) is 4.41. The zero-order valence-corrected chi connectivity index (χ0v) is 15.6. The largest absolute Gasteiger partial charge is 0.304 e. The fourth-order valence-electron chi connectivity index (χ4n) is 3.46. The molecule has 3 heterocycles. The van der Waals surface area contributed by atoms with E-state index >= 15 is 0 Å². The first-order valence-electron chi connectivity index (χ1n) is 9.06. The van der Waals surface area contributed by atoms with Gasteiger partial charge in [-0.3, -0.25) is 14.9 Å². The Morgan fingerprint density at radius 1 is 0.720 bits per heavy atom. The summed E-state index contributed by atoms with van der Waals surface area (Å²) in [6.45, 7) is 8.55. The van der Waals surface area contributed by atoms with Gasteiger partial charge in [0.05, 0.1) is 11.4 Å². The highest BCUT2D eigenvalue weighted by atomic mass is 15.3. The predicted molar refractivity (Wildman–Crippen MR) is 101 cm³/mol. The Balaban J connectivity index is 2.01. The molecule has 0 atom stereocenters. The zero-order valence-electron chi connectivity index (χ0n) is 15.6. The number of pyridine rings is 2. The van der Waals surface area contributed by atoms with Crippen molar-refractivity contribution in [1.82, 2.24) is 24.7 Å². The zero-order chi connectivity index (χ0) is 17.7. The average molecular weight is 339 g/mol. The number of nitrogens with zero attached hydrogens (tertiary/aromatic N) is 5. The van der Waals surface area contributed by atoms with E-state index in [4.69, 9.17) is 9.97 Å². The molecule has 2 aromatic rings. The molecular formula is C20H29N5. The Kier molecular flexibility index (Phi) is 5.78. The Labute approximate surface area is 151 Å². The lowest BCUT2D eigenvalue weighted by molar-refractivity contribution is 0.115. The molecule has 5 nitrogen and oxygen atoms in total. The van der Waals surface area contributed by atoms with Gasteiger partial charge < -0.3 is 9.80 Å². The van der Waals surface area contributed by atoms with Crippen LogP contribution in [0.5, 0.6) is 0 Å². The Morgan fingerprint density at radius 2 is 1.16 bits per heavy atom. The van der Waals surface area contributed by atoms with Gasteiger partial charge >= 0.3 is 0 Å². The summed E-state index contributed by atoms with van der Waals surface area (Å²) < 4.78 is 0. The molecule has 0 aromatic carbocycles. The van der Waals surface area contributed by atoms with Crippen LogP contribution in [0.3, 0.4) is 0 Å². The second kappa shape index (κ2) is 8.04. The summed E-state index contributed by atoms with van der Waals surface area (Å²) in [6.07, 6.45) is 3.76. The van der Waals surface area contributed by atoms with Gasteiger partial charge in [-0.2, -0.15) is 0 Å². The van der Waals surface area contributed by atoms with E-state index in [2.05, 4.69) is 60.0 Å². The summed E-state index contributed by atoms with van der Waals surface area (Å²) in [5.74, 6) is 0. The highest BCUT2D eigenvalue weighted by Gasteiger charge is 2.38. The Morgan fingerprint density at radius 3 is 1.56 bits per heavy atom. The van der Waals surface area contributed by atoms with E-state index < -0.39 is 0 Å². The minimum atomic E-state index is -0.339. The highest BCUT2D eigenvalue weighted by Crippen LogP contribution is 2.33. The maximum Gasteiger partial charge on any atom is 0.103 e. The molecule has 0 amide bonds. The Hall–Kier alpha value is -1.82. The number of rotatable bonds is 3. The summed E-state index contributed by atoms with van der Waals surface area (Å²) in [5, 5.41) is 0. The fourth-order valence-corrected chi connectivity index (χ4v) is 3.46. The third-order valence-corrected chi connectivity index (χ3v) is 5.33. The van der Waals surface area contributed by atoms with Crippen molar-refractivity contribution >= 4 is 0 Å². The minimum Gasteiger partial charge on any atom is -0.304 e. The number of hydrogen-bond acceptors (Lipinski definition) is 5. The molecule has 0 aliphatic carbocycles. The topological polar surface area (TPSA) is 35.5 Å². The van der Waals surface area contributed by atoms with Crippen LogP contribution in [0.1, 0.15) is 18.3 Å². The minimum absolute atomic E-state index is 0.339. The third-order valence-electron chi connectivity index (χ3n) is 5.33. The van der Waals surface area contributed by atoms with Gasteiger partial charge in [0.25, 0.3) is 0 Å². The Bertz CT molecular complexity index is 592. The average Bonchev–Trinajstić information content (AvgIpc) is 2.74. The van der Waals surface area contributed by atoms with Crippen molar-refractivity contribution in [2.75, 3.05) is 53.4 Å². The molecule has 0 unspecified atom stereocenters. The number of hydrogen-bond donors (Lipinski definition) is 0. The van der Waals surface area contributed by atoms with Crippen LogP contribution in [0, 0.1) is 0 Å². The van der Waals surface area contributed by atoms with E-state index in [-0.39, 0.29) is 5.54 Å². The molecule has 0 saturated carbocycles. The SMILES string of the molecule is CN1CCN(C)CCN(C(C)(c2ccccn2)c2ccccn2)CC1. The van der Waals surface area contributed by atoms with Crippen molar-refractivity contribution in [1.29, 1.82) is 0 Å². The molecule has 0 spiro atoms. The van der Waals surface area contributed by atoms with Crippen LogP contribution < -0.4 is 0 Å². The molecule has 1 fully saturated rings. The lowest BCUT2D eigenvalue weighted by atomic mass is 9.89. The first-order chi connectivity index (χ1) is 12.1. The molecule has 1 aliphatic rings. The molecule has 25 heavy (non-hydrogen) atoms. The lowest BCUT2D eigenvalue weighted by Gasteiger charge is -2.41. The number of likely N-dealkylation sites (N-methyl/N-ethyl adjacent to an activating group) is 2. The van der Waals surface area contributed by atoms with Gasteiger partial charge in [0, 0.05) is 51.7 Å². The van der Waals surface area contributed by atoms with Gasteiger partial charge in [0.15, 0.2) is 0 Å². The maximum absolute atomic E-state index is 4.71. The first kappa shape index (κ1) is 18.0. The molecular weight excluding hydrogens is 310 g/mol. The van der Waals surface area contributed by atoms with Crippen molar-refractivity contribution in [3.8, 4) is 0 Å². The second-order valence-corrected chi connectivity index (χ2v) is 7.10. The normalized spacial score (nSPS) is 19.2. The van der Waals surface area contributed by atoms with Crippen molar-refractivity contribution in [2.45, 2.75) is 12.5 Å². The smallest absolute Gasteiger partial charge is 0.103 e. The van der Waals surface area contributed by atoms with Crippen molar-refractivity contribution in [3.05, 3.63) is 60.2 Å². The highest BCUT2D eigenvalue weighted by molar-refractivity contribution is 5.29. The van der Waals surface area contributed by atoms with E-state index in [0.717, 1.165) is 50.7 Å². The van der Waals surface area contributed by atoms with Crippen molar-refractivity contribution in [2.24, 2.45) is 0 Å². The van der Waals surface area contributed by atoms with Gasteiger partial charge in [-0.15, -0.1) is 0 Å².